The number of benzene rings is 2. The van der Waals surface area contributed by atoms with Crippen molar-refractivity contribution in [1.82, 2.24) is 4.90 Å². The van der Waals surface area contributed by atoms with Crippen LogP contribution in [0.15, 0.2) is 54.6 Å². The Morgan fingerprint density at radius 1 is 0.730 bits per heavy atom. The van der Waals surface area contributed by atoms with Crippen LogP contribution < -0.4 is 0 Å². The molecule has 0 aliphatic carbocycles. The number of hydrogen-bond acceptors (Lipinski definition) is 2. The molecule has 1 N–H and O–H groups in total. The van der Waals surface area contributed by atoms with Crippen LogP contribution >= 0.6 is 11.6 Å². The molecular formula is C26H20ClCo2NO7+6. The largest absolute Gasteiger partial charge is 3.00 e. The van der Waals surface area contributed by atoms with Gasteiger partial charge in [0.05, 0.1) is 6.54 Å². The molecule has 0 saturated carbocycles. The van der Waals surface area contributed by atoms with Crippen molar-refractivity contribution in [2.75, 3.05) is 19.6 Å². The molecular weight excluding hydrogens is 592 g/mol. The van der Waals surface area contributed by atoms with Gasteiger partial charge in [0.1, 0.15) is 0 Å². The standard InChI is InChI=1S/C20H20ClNO.6CO.2Co/c21-19-12-5-4-11-18(19)20(23,17-9-2-1-3-10-17)13-8-16-22-14-6-7-15-22;6*1-2;;/h1-5,9-12,23H,6-7,14-16H2;;;;;;;;/q;;;;;;;2*+3. The first-order chi connectivity index (χ1) is 17.2. The van der Waals surface area contributed by atoms with Crippen molar-refractivity contribution in [1.29, 1.82) is 0 Å². The number of halogens is 1. The molecule has 2 aromatic rings. The molecule has 1 atom stereocenters. The van der Waals surface area contributed by atoms with Crippen LogP contribution in [0.4, 0.5) is 0 Å². The molecule has 8 nitrogen and oxygen atoms in total. The Kier molecular flexibility index (Phi) is 46.3. The number of likely N-dealkylation sites (tertiary alicyclic amines) is 1. The van der Waals surface area contributed by atoms with Crippen molar-refractivity contribution in [2.45, 2.75) is 18.4 Å². The minimum absolute atomic E-state index is 0. The summed E-state index contributed by atoms with van der Waals surface area (Å²) in [5.74, 6) is 6.24. The second kappa shape index (κ2) is 35.8. The zero-order chi connectivity index (χ0) is 28.1. The Hall–Kier alpha value is -2.34. The zero-order valence-corrected chi connectivity index (χ0v) is 22.0. The summed E-state index contributed by atoms with van der Waals surface area (Å²) in [6.07, 6.45) is 2.46. The van der Waals surface area contributed by atoms with E-state index in [4.69, 9.17) is 39.5 Å². The molecule has 0 spiro atoms. The third kappa shape index (κ3) is 18.5. The van der Waals surface area contributed by atoms with Gasteiger partial charge >= 0.3 is 101 Å². The van der Waals surface area contributed by atoms with Gasteiger partial charge in [-0.25, -0.2) is 0 Å². The van der Waals surface area contributed by atoms with Gasteiger partial charge in [0.2, 0.25) is 0 Å². The zero-order valence-electron chi connectivity index (χ0n) is 19.1. The SMILES string of the molecule is OC(C#CCN1CCCC1)(c1ccccc1)c1ccccc1Cl.[C-]#[O+].[C-]#[O+].[C-]#[O+].[C-]#[O+].[C-]#[O+].[C-]#[O+].[Co+3].[Co+3]. The Labute approximate surface area is 242 Å². The first-order valence-corrected chi connectivity index (χ1v) is 9.56. The second-order valence-corrected chi connectivity index (χ2v) is 6.25. The van der Waals surface area contributed by atoms with Crippen molar-refractivity contribution < 1.29 is 66.6 Å². The molecule has 1 aliphatic heterocycles. The number of aliphatic hydroxyl groups is 1. The predicted octanol–water partition coefficient (Wildman–Crippen LogP) is 3.45. The van der Waals surface area contributed by atoms with Crippen LogP contribution in [0.25, 0.3) is 0 Å². The first kappa shape index (κ1) is 47.8. The fourth-order valence-electron chi connectivity index (χ4n) is 2.95. The molecule has 2 aromatic carbocycles. The molecule has 0 amide bonds. The van der Waals surface area contributed by atoms with E-state index in [-0.39, 0.29) is 33.6 Å². The van der Waals surface area contributed by atoms with Crippen molar-refractivity contribution in [3.8, 4) is 11.8 Å². The van der Waals surface area contributed by atoms with Crippen molar-refractivity contribution in [3.63, 3.8) is 0 Å². The maximum atomic E-state index is 11.3. The molecule has 1 fully saturated rings. The molecule has 0 bridgehead atoms. The van der Waals surface area contributed by atoms with Gasteiger partial charge in [-0.05, 0) is 32.0 Å². The summed E-state index contributed by atoms with van der Waals surface area (Å²) in [7, 11) is 0. The van der Waals surface area contributed by atoms with Crippen LogP contribution in [0.5, 0.6) is 0 Å². The fraction of sp³-hybridized carbons (Fsp3) is 0.231. The quantitative estimate of drug-likeness (QED) is 0.322. The van der Waals surface area contributed by atoms with Gasteiger partial charge in [0, 0.05) is 16.1 Å². The smallest absolute Gasteiger partial charge is 3.00 e. The van der Waals surface area contributed by atoms with E-state index in [1.165, 1.54) is 12.8 Å². The molecule has 3 rings (SSSR count). The Bertz CT molecular complexity index is 944. The average molecular weight is 612 g/mol. The summed E-state index contributed by atoms with van der Waals surface area (Å²) < 4.78 is 45.0. The van der Waals surface area contributed by atoms with Crippen molar-refractivity contribution in [3.05, 3.63) is 111 Å². The van der Waals surface area contributed by atoms with Crippen LogP contribution in [0, 0.1) is 51.7 Å². The Morgan fingerprint density at radius 2 is 1.14 bits per heavy atom. The Morgan fingerprint density at radius 3 is 1.57 bits per heavy atom. The maximum absolute atomic E-state index is 11.3. The summed E-state index contributed by atoms with van der Waals surface area (Å²) >= 11 is 6.33. The van der Waals surface area contributed by atoms with E-state index in [2.05, 4.69) is 56.6 Å². The van der Waals surface area contributed by atoms with Crippen LogP contribution in [-0.2, 0) is 67.1 Å². The summed E-state index contributed by atoms with van der Waals surface area (Å²) in [5.41, 5.74) is -0.0249. The van der Waals surface area contributed by atoms with E-state index in [1.54, 1.807) is 6.07 Å². The molecule has 1 unspecified atom stereocenters. The van der Waals surface area contributed by atoms with Gasteiger partial charge in [-0.15, -0.1) is 0 Å². The first-order valence-electron chi connectivity index (χ1n) is 9.18. The fourth-order valence-corrected chi connectivity index (χ4v) is 3.22. The van der Waals surface area contributed by atoms with E-state index in [0.717, 1.165) is 18.7 Å². The summed E-state index contributed by atoms with van der Waals surface area (Å²) in [6, 6.07) is 16.8. The normalized spacial score (nSPS) is 11.1. The molecule has 1 aliphatic rings. The van der Waals surface area contributed by atoms with E-state index in [0.29, 0.717) is 17.1 Å². The second-order valence-electron chi connectivity index (χ2n) is 5.84. The minimum atomic E-state index is -1.39. The molecule has 37 heavy (non-hydrogen) atoms. The summed E-state index contributed by atoms with van der Waals surface area (Å²) in [5, 5.41) is 11.9. The van der Waals surface area contributed by atoms with Gasteiger partial charge in [0.15, 0.2) is 5.60 Å². The van der Waals surface area contributed by atoms with E-state index in [1.807, 2.05) is 48.5 Å². The molecule has 1 heterocycles. The molecule has 0 aromatic heterocycles. The Balaban J connectivity index is -0.000000152. The van der Waals surface area contributed by atoms with E-state index >= 15 is 0 Å². The van der Waals surface area contributed by atoms with Crippen LogP contribution in [0.3, 0.4) is 0 Å². The number of nitrogens with zero attached hydrogens (tertiary/aromatic N) is 1. The van der Waals surface area contributed by atoms with E-state index < -0.39 is 5.60 Å². The molecule has 11 heteroatoms. The number of hydrogen-bond donors (Lipinski definition) is 1. The summed E-state index contributed by atoms with van der Waals surface area (Å²) in [4.78, 5) is 2.31. The third-order valence-electron chi connectivity index (χ3n) is 4.23. The summed E-state index contributed by atoms with van der Waals surface area (Å²) in [6.45, 7) is 29.9. The van der Waals surface area contributed by atoms with Crippen LogP contribution in [0.1, 0.15) is 24.0 Å². The van der Waals surface area contributed by atoms with Crippen molar-refractivity contribution in [2.24, 2.45) is 0 Å². The molecule has 190 valence electrons. The minimum Gasteiger partial charge on any atom is 3.00 e. The monoisotopic (exact) mass is 611 g/mol. The topological polar surface area (TPSA) is 143 Å². The van der Waals surface area contributed by atoms with Crippen molar-refractivity contribution >= 4 is 11.6 Å². The van der Waals surface area contributed by atoms with Crippen LogP contribution in [-0.4, -0.2) is 29.6 Å². The van der Waals surface area contributed by atoms with Gasteiger partial charge in [0.25, 0.3) is 0 Å². The van der Waals surface area contributed by atoms with Gasteiger partial charge in [-0.3, -0.25) is 4.90 Å². The van der Waals surface area contributed by atoms with Gasteiger partial charge in [-0.2, -0.15) is 0 Å². The maximum Gasteiger partial charge on any atom is 3.00 e. The molecule has 1 saturated heterocycles. The van der Waals surface area contributed by atoms with Gasteiger partial charge < -0.3 is 5.11 Å². The molecule has 0 radical (unpaired) electrons. The van der Waals surface area contributed by atoms with Crippen LogP contribution in [0.2, 0.25) is 5.02 Å². The number of rotatable bonds is 3. The van der Waals surface area contributed by atoms with Gasteiger partial charge in [-0.1, -0.05) is 72.0 Å². The van der Waals surface area contributed by atoms with E-state index in [9.17, 15) is 5.11 Å². The third-order valence-corrected chi connectivity index (χ3v) is 4.56. The average Bonchev–Trinajstić information content (AvgIpc) is 3.49. The predicted molar refractivity (Wildman–Crippen MR) is 118 cm³/mol.